The van der Waals surface area contributed by atoms with Gasteiger partial charge in [0, 0.05) is 27.9 Å². The second-order valence-corrected chi connectivity index (χ2v) is 9.37. The highest BCUT2D eigenvalue weighted by Gasteiger charge is 2.19. The molecule has 0 fully saturated rings. The lowest BCUT2D eigenvalue weighted by atomic mass is 10.0. The summed E-state index contributed by atoms with van der Waals surface area (Å²) in [7, 11) is 0. The van der Waals surface area contributed by atoms with Crippen LogP contribution in [0.5, 0.6) is 0 Å². The molecule has 0 aliphatic heterocycles. The molecular weight excluding hydrogens is 450 g/mol. The molecule has 34 heavy (non-hydrogen) atoms. The van der Waals surface area contributed by atoms with Crippen molar-refractivity contribution in [3.8, 4) is 0 Å². The maximum atomic E-state index is 12.7. The maximum Gasteiger partial charge on any atom is 0.338 e. The minimum Gasteiger partial charge on any atom is -0.456 e. The summed E-state index contributed by atoms with van der Waals surface area (Å²) >= 11 is 1.54. The molecule has 2 aromatic heterocycles. The Morgan fingerprint density at radius 2 is 1.91 bits per heavy atom. The Morgan fingerprint density at radius 3 is 2.76 bits per heavy atom. The molecule has 0 spiro atoms. The van der Waals surface area contributed by atoms with Gasteiger partial charge < -0.3 is 10.1 Å². The molecule has 8 heteroatoms. The van der Waals surface area contributed by atoms with Gasteiger partial charge >= 0.3 is 5.97 Å². The monoisotopic (exact) mass is 473 g/mol. The summed E-state index contributed by atoms with van der Waals surface area (Å²) in [4.78, 5) is 44.3. The molecule has 0 saturated carbocycles. The summed E-state index contributed by atoms with van der Waals surface area (Å²) in [5, 5.41) is 2.82. The summed E-state index contributed by atoms with van der Waals surface area (Å²) in [5.74, 6) is -0.806. The standard InChI is InChI=1S/C26H23N3O4S/c1-16-7-2-3-10-20(16)24(31)27-18-9-6-8-17(13-18)25(32)33-15-19-14-23(30)29-21-11-4-5-12-22(21)34-26(29)28-19/h2-3,6-10,13-14H,4-5,11-12,15H2,1H3,(H,27,31). The van der Waals surface area contributed by atoms with Gasteiger partial charge in [0.05, 0.1) is 11.3 Å². The van der Waals surface area contributed by atoms with E-state index in [0.717, 1.165) is 36.9 Å². The van der Waals surface area contributed by atoms with Crippen LogP contribution in [0, 0.1) is 6.92 Å². The zero-order valence-corrected chi connectivity index (χ0v) is 19.5. The van der Waals surface area contributed by atoms with E-state index in [0.29, 0.717) is 27.5 Å². The molecule has 0 atom stereocenters. The predicted octanol–water partition coefficient (Wildman–Crippen LogP) is 4.55. The number of benzene rings is 2. The third-order valence-corrected chi connectivity index (χ3v) is 7.05. The predicted molar refractivity (Wildman–Crippen MR) is 131 cm³/mol. The molecule has 172 valence electrons. The lowest BCUT2D eigenvalue weighted by Crippen LogP contribution is -2.18. The average Bonchev–Trinajstić information content (AvgIpc) is 3.22. The van der Waals surface area contributed by atoms with Gasteiger partial charge in [-0.25, -0.2) is 9.78 Å². The van der Waals surface area contributed by atoms with E-state index >= 15 is 0 Å². The molecule has 0 saturated heterocycles. The Morgan fingerprint density at radius 1 is 1.09 bits per heavy atom. The number of esters is 1. The Hall–Kier alpha value is -3.78. The maximum absolute atomic E-state index is 12.7. The van der Waals surface area contributed by atoms with Crippen molar-refractivity contribution in [1.82, 2.24) is 9.38 Å². The van der Waals surface area contributed by atoms with Crippen LogP contribution in [0.4, 0.5) is 5.69 Å². The molecule has 1 aliphatic rings. The van der Waals surface area contributed by atoms with Crippen LogP contribution in [0.25, 0.3) is 4.96 Å². The van der Waals surface area contributed by atoms with E-state index in [-0.39, 0.29) is 18.1 Å². The van der Waals surface area contributed by atoms with Gasteiger partial charge in [0.25, 0.3) is 11.5 Å². The first-order valence-corrected chi connectivity index (χ1v) is 12.0. The number of rotatable bonds is 5. The number of thiazole rings is 1. The second-order valence-electron chi connectivity index (χ2n) is 8.31. The molecule has 5 rings (SSSR count). The van der Waals surface area contributed by atoms with Crippen molar-refractivity contribution in [1.29, 1.82) is 0 Å². The van der Waals surface area contributed by atoms with Crippen molar-refractivity contribution in [2.24, 2.45) is 0 Å². The SMILES string of the molecule is Cc1ccccc1C(=O)Nc1cccc(C(=O)OCc2cc(=O)n3c4c(sc3n2)CCCC4)c1. The highest BCUT2D eigenvalue weighted by atomic mass is 32.1. The third-order valence-electron chi connectivity index (χ3n) is 5.91. The lowest BCUT2D eigenvalue weighted by molar-refractivity contribution is 0.0467. The van der Waals surface area contributed by atoms with Crippen LogP contribution in [0.3, 0.4) is 0 Å². The van der Waals surface area contributed by atoms with Crippen LogP contribution in [-0.2, 0) is 24.2 Å². The number of hydrogen-bond donors (Lipinski definition) is 1. The van der Waals surface area contributed by atoms with Crippen molar-refractivity contribution < 1.29 is 14.3 Å². The number of anilines is 1. The summed E-state index contributed by atoms with van der Waals surface area (Å²) in [6.45, 7) is 1.76. The van der Waals surface area contributed by atoms with Gasteiger partial charge in [-0.05, 0) is 62.4 Å². The number of aryl methyl sites for hydroxylation is 3. The fraction of sp³-hybridized carbons (Fsp3) is 0.231. The van der Waals surface area contributed by atoms with Crippen LogP contribution in [0.1, 0.15) is 55.4 Å². The van der Waals surface area contributed by atoms with Crippen LogP contribution < -0.4 is 10.9 Å². The fourth-order valence-corrected chi connectivity index (χ4v) is 5.42. The summed E-state index contributed by atoms with van der Waals surface area (Å²) < 4.78 is 7.11. The highest BCUT2D eigenvalue weighted by Crippen LogP contribution is 2.28. The number of fused-ring (bicyclic) bond motifs is 3. The van der Waals surface area contributed by atoms with E-state index in [1.165, 1.54) is 22.3 Å². The summed E-state index contributed by atoms with van der Waals surface area (Å²) in [6, 6.07) is 15.3. The summed E-state index contributed by atoms with van der Waals surface area (Å²) in [5.41, 5.74) is 3.56. The average molecular weight is 474 g/mol. The molecule has 2 heterocycles. The van der Waals surface area contributed by atoms with E-state index < -0.39 is 5.97 Å². The third kappa shape index (κ3) is 4.36. The number of carbonyl (C=O) groups excluding carboxylic acids is 2. The van der Waals surface area contributed by atoms with Crippen molar-refractivity contribution in [2.45, 2.75) is 39.2 Å². The van der Waals surface area contributed by atoms with Crippen LogP contribution >= 0.6 is 11.3 Å². The van der Waals surface area contributed by atoms with Gasteiger partial charge in [-0.2, -0.15) is 0 Å². The number of carbonyl (C=O) groups is 2. The largest absolute Gasteiger partial charge is 0.456 e. The number of ether oxygens (including phenoxy) is 1. The van der Waals surface area contributed by atoms with E-state index in [9.17, 15) is 14.4 Å². The van der Waals surface area contributed by atoms with Gasteiger partial charge in [0.2, 0.25) is 0 Å². The molecule has 1 aliphatic carbocycles. The Kier molecular flexibility index (Phi) is 5.98. The summed E-state index contributed by atoms with van der Waals surface area (Å²) in [6.07, 6.45) is 4.07. The van der Waals surface area contributed by atoms with Crippen LogP contribution in [0.2, 0.25) is 0 Å². The van der Waals surface area contributed by atoms with Gasteiger partial charge in [-0.3, -0.25) is 14.0 Å². The fourth-order valence-electron chi connectivity index (χ4n) is 4.19. The topological polar surface area (TPSA) is 89.8 Å². The number of nitrogens with zero attached hydrogens (tertiary/aromatic N) is 2. The molecule has 0 unspecified atom stereocenters. The second kappa shape index (κ2) is 9.23. The number of amides is 1. The Bertz CT molecular complexity index is 1470. The van der Waals surface area contributed by atoms with Gasteiger partial charge in [0.15, 0.2) is 4.96 Å². The number of hydrogen-bond acceptors (Lipinski definition) is 6. The minimum atomic E-state index is -0.556. The molecule has 4 aromatic rings. The molecule has 1 amide bonds. The zero-order chi connectivity index (χ0) is 23.7. The Labute approximate surface area is 200 Å². The van der Waals surface area contributed by atoms with Crippen LogP contribution in [-0.4, -0.2) is 21.3 Å². The van der Waals surface area contributed by atoms with E-state index in [4.69, 9.17) is 4.74 Å². The quantitative estimate of drug-likeness (QED) is 0.430. The van der Waals surface area contributed by atoms with Gasteiger partial charge in [-0.1, -0.05) is 24.3 Å². The van der Waals surface area contributed by atoms with Crippen LogP contribution in [0.15, 0.2) is 59.4 Å². The van der Waals surface area contributed by atoms with E-state index in [1.807, 2.05) is 19.1 Å². The molecule has 7 nitrogen and oxygen atoms in total. The molecule has 2 aromatic carbocycles. The van der Waals surface area contributed by atoms with Crippen molar-refractivity contribution in [3.05, 3.63) is 97.9 Å². The normalized spacial score (nSPS) is 12.9. The number of nitrogens with one attached hydrogen (secondary N) is 1. The smallest absolute Gasteiger partial charge is 0.338 e. The van der Waals surface area contributed by atoms with Gasteiger partial charge in [0.1, 0.15) is 6.61 Å². The van der Waals surface area contributed by atoms with E-state index in [2.05, 4.69) is 10.3 Å². The molecule has 0 radical (unpaired) electrons. The first-order valence-electron chi connectivity index (χ1n) is 11.2. The molecule has 1 N–H and O–H groups in total. The first-order chi connectivity index (χ1) is 16.5. The van der Waals surface area contributed by atoms with Gasteiger partial charge in [-0.15, -0.1) is 11.3 Å². The number of aromatic nitrogens is 2. The van der Waals surface area contributed by atoms with Crippen molar-refractivity contribution >= 4 is 33.9 Å². The Balaban J connectivity index is 1.29. The minimum absolute atomic E-state index is 0.104. The zero-order valence-electron chi connectivity index (χ0n) is 18.7. The lowest BCUT2D eigenvalue weighted by Gasteiger charge is -2.10. The van der Waals surface area contributed by atoms with E-state index in [1.54, 1.807) is 40.8 Å². The molecular formula is C26H23N3O4S. The molecule has 0 bridgehead atoms. The highest BCUT2D eigenvalue weighted by molar-refractivity contribution is 7.17. The first kappa shape index (κ1) is 22.0. The van der Waals surface area contributed by atoms with Crippen molar-refractivity contribution in [3.63, 3.8) is 0 Å². The van der Waals surface area contributed by atoms with Crippen molar-refractivity contribution in [2.75, 3.05) is 5.32 Å².